The Morgan fingerprint density at radius 3 is 0.984 bits per heavy atom. The summed E-state index contributed by atoms with van der Waals surface area (Å²) in [6.07, 6.45) is 36.3. The minimum absolute atomic E-state index is 0.0245. The van der Waals surface area contributed by atoms with Crippen molar-refractivity contribution in [3.8, 4) is 45.6 Å². The fourth-order valence-corrected chi connectivity index (χ4v) is 17.2. The Labute approximate surface area is 739 Å². The Kier molecular flexibility index (Phi) is 28.5. The van der Waals surface area contributed by atoms with E-state index in [1.165, 1.54) is 120 Å². The number of amides is 5. The number of hydrogen-bond donors (Lipinski definition) is 8. The van der Waals surface area contributed by atoms with Gasteiger partial charge in [-0.2, -0.15) is 0 Å². The number of furan rings is 4. The van der Waals surface area contributed by atoms with Crippen LogP contribution in [0.5, 0.6) is 0 Å². The smallest absolute Gasteiger partial charge is 0.426 e. The number of imidazole rings is 4. The number of benzene rings is 7. The standard InChI is InChI=1S/C26H24N4O5.C26H26N4O4.C18H20N4O2.C18H18N2O3.C9H7ClO2/c31-24(16-6-8-17(9-7-16)26(33)34)28-29-25(32)18-10-11-22-21(14-18)27-23(19-12-13-35-15-19)30(22)20-4-2-1-3-5-20;31-25(28-29-26(32)34-16-18-7-3-1-4-8-18)19-11-12-23-22(15-19)27-24(20-13-14-33-17-20)30(23)21-9-5-2-6-10-21;19-21-18(23)12-6-7-16-15(10-12)20-17(13-8-9-24-11-13)22(16)14-4-2-1-3-5-14;21-18(22)12-6-7-16-15(10-12)19-17(13-8-9-23-11-13)20(16)14-4-2-1-3-5-14;1-6(11)7-2-4-8(5-3-7)9(10)12/h6-15,20H,1-5H2,(H,28,31)(H,29,32)(H,33,34);1,3-4,7-8,11-15,17,21H,2,5-6,9-10,16H2,(H,28,31)(H,29,32);6-11,14H,1-5,19H2,(H,21,23);6-11,14H,1-5H2,(H,21,22);2-5H,1H3. The van der Waals surface area contributed by atoms with E-state index in [1.54, 1.807) is 111 Å². The molecule has 0 bridgehead atoms. The summed E-state index contributed by atoms with van der Waals surface area (Å²) < 4.78 is 35.3. The summed E-state index contributed by atoms with van der Waals surface area (Å²) in [5.41, 5.74) is 25.9. The van der Waals surface area contributed by atoms with Gasteiger partial charge in [-0.05, 0) is 209 Å². The largest absolute Gasteiger partial charge is 0.478 e. The predicted octanol–water partition coefficient (Wildman–Crippen LogP) is 20.1. The summed E-state index contributed by atoms with van der Waals surface area (Å²) in [6, 6.07) is 51.6. The first kappa shape index (κ1) is 88.1. The summed E-state index contributed by atoms with van der Waals surface area (Å²) in [7, 11) is 0. The summed E-state index contributed by atoms with van der Waals surface area (Å²) in [6.45, 7) is 1.58. The number of fused-ring (bicyclic) bond motifs is 4. The maximum Gasteiger partial charge on any atom is 0.426 e. The van der Waals surface area contributed by atoms with Gasteiger partial charge in [-0.3, -0.25) is 50.5 Å². The number of rotatable bonds is 18. The molecule has 8 aromatic heterocycles. The topological polar surface area (TPSA) is 413 Å². The maximum absolute atomic E-state index is 12.7. The molecule has 4 fully saturated rings. The summed E-state index contributed by atoms with van der Waals surface area (Å²) in [5, 5.41) is 17.7. The van der Waals surface area contributed by atoms with Gasteiger partial charge in [0.15, 0.2) is 5.78 Å². The van der Waals surface area contributed by atoms with E-state index < -0.39 is 41.0 Å². The zero-order valence-electron chi connectivity index (χ0n) is 70.2. The summed E-state index contributed by atoms with van der Waals surface area (Å²) in [5.74, 6) is 4.83. The van der Waals surface area contributed by atoms with Crippen molar-refractivity contribution in [3.05, 3.63) is 276 Å². The van der Waals surface area contributed by atoms with E-state index >= 15 is 0 Å². The molecular weight excluding hydrogens is 1650 g/mol. The second-order valence-corrected chi connectivity index (χ2v) is 32.2. The normalized spacial score (nSPS) is 14.3. The molecular formula is C97H95ClN14O16. The average Bonchev–Trinajstić information content (AvgIpc) is 1.64. The van der Waals surface area contributed by atoms with E-state index in [2.05, 4.69) is 45.4 Å². The zero-order chi connectivity index (χ0) is 89.2. The van der Waals surface area contributed by atoms with Gasteiger partial charge in [-0.1, -0.05) is 120 Å². The molecule has 0 saturated heterocycles. The van der Waals surface area contributed by atoms with E-state index in [-0.39, 0.29) is 35.0 Å². The van der Waals surface area contributed by atoms with Crippen molar-refractivity contribution in [1.29, 1.82) is 0 Å². The van der Waals surface area contributed by atoms with Gasteiger partial charge in [-0.25, -0.2) is 45.6 Å². The lowest BCUT2D eigenvalue weighted by atomic mass is 9.95. The highest BCUT2D eigenvalue weighted by atomic mass is 35.5. The van der Waals surface area contributed by atoms with Crippen molar-refractivity contribution >= 4 is 108 Å². The van der Waals surface area contributed by atoms with Crippen LogP contribution in [-0.4, -0.2) is 101 Å². The molecule has 4 aliphatic carbocycles. The average molecular weight is 1750 g/mol. The van der Waals surface area contributed by atoms with Gasteiger partial charge in [0.05, 0.1) is 103 Å². The van der Waals surface area contributed by atoms with Gasteiger partial charge < -0.3 is 50.9 Å². The lowest BCUT2D eigenvalue weighted by molar-refractivity contribution is 0.0686. The number of nitrogens with one attached hydrogen (secondary N) is 5. The highest BCUT2D eigenvalue weighted by Crippen LogP contribution is 2.42. The van der Waals surface area contributed by atoms with E-state index in [0.29, 0.717) is 57.5 Å². The number of ketones is 1. The second-order valence-electron chi connectivity index (χ2n) is 31.9. The molecule has 4 saturated carbocycles. The van der Waals surface area contributed by atoms with E-state index in [4.69, 9.17) is 64.9 Å². The quantitative estimate of drug-likeness (QED) is 0.0130. The highest BCUT2D eigenvalue weighted by Gasteiger charge is 2.30. The molecule has 15 aromatic rings. The van der Waals surface area contributed by atoms with Crippen molar-refractivity contribution in [2.45, 2.75) is 166 Å². The number of carboxylic acid groups (broad SMARTS) is 2. The molecule has 5 amide bonds. The van der Waals surface area contributed by atoms with E-state index in [1.807, 2.05) is 78.9 Å². The van der Waals surface area contributed by atoms with Crippen LogP contribution in [0.4, 0.5) is 4.79 Å². The first-order chi connectivity index (χ1) is 62.3. The predicted molar refractivity (Wildman–Crippen MR) is 479 cm³/mol. The van der Waals surface area contributed by atoms with Crippen molar-refractivity contribution in [3.63, 3.8) is 0 Å². The van der Waals surface area contributed by atoms with Crippen LogP contribution in [0, 0.1) is 0 Å². The van der Waals surface area contributed by atoms with Gasteiger partial charge in [0.2, 0.25) is 0 Å². The molecule has 0 atom stereocenters. The van der Waals surface area contributed by atoms with Gasteiger partial charge in [-0.15, -0.1) is 0 Å². The number of halogens is 1. The first-order valence-corrected chi connectivity index (χ1v) is 43.1. The molecule has 8 heterocycles. The molecule has 31 heteroatoms. The molecule has 656 valence electrons. The number of ether oxygens (including phenoxy) is 1. The highest BCUT2D eigenvalue weighted by molar-refractivity contribution is 6.67. The molecule has 0 spiro atoms. The minimum atomic E-state index is -1.08. The van der Waals surface area contributed by atoms with Gasteiger partial charge in [0.1, 0.15) is 55.0 Å². The number of hydrazine groups is 3. The molecule has 9 N–H and O–H groups in total. The van der Waals surface area contributed by atoms with Gasteiger partial charge in [0, 0.05) is 57.5 Å². The fraction of sp³-hybridized carbons (Fsp3) is 0.268. The number of aromatic carboxylic acids is 2. The number of nitrogens with two attached hydrogens (primary N) is 1. The first-order valence-electron chi connectivity index (χ1n) is 42.8. The number of aromatic nitrogens is 8. The second kappa shape index (κ2) is 41.4. The monoisotopic (exact) mass is 1750 g/mol. The van der Waals surface area contributed by atoms with Gasteiger partial charge >= 0.3 is 18.0 Å². The molecule has 0 aliphatic heterocycles. The number of Topliss-reactive ketones (excluding diaryl/α,β-unsaturated/α-hetero) is 1. The van der Waals surface area contributed by atoms with Crippen LogP contribution >= 0.6 is 11.6 Å². The molecule has 19 rings (SSSR count). The number of hydrogen-bond acceptors (Lipinski definition) is 19. The molecule has 0 radical (unpaired) electrons. The van der Waals surface area contributed by atoms with Crippen molar-refractivity contribution in [2.75, 3.05) is 0 Å². The number of nitrogens with zero attached hydrogens (tertiary/aromatic N) is 8. The van der Waals surface area contributed by atoms with Crippen molar-refractivity contribution in [1.82, 2.24) is 65.3 Å². The minimum Gasteiger partial charge on any atom is -0.478 e. The molecule has 128 heavy (non-hydrogen) atoms. The third-order valence-electron chi connectivity index (χ3n) is 23.5. The Bertz CT molecular complexity index is 6380. The maximum atomic E-state index is 12.7. The fourth-order valence-electron chi connectivity index (χ4n) is 17.0. The van der Waals surface area contributed by atoms with Crippen LogP contribution in [0.2, 0.25) is 0 Å². The van der Waals surface area contributed by atoms with Crippen LogP contribution in [0.3, 0.4) is 0 Å². The Morgan fingerprint density at radius 2 is 0.664 bits per heavy atom. The zero-order valence-corrected chi connectivity index (χ0v) is 70.9. The van der Waals surface area contributed by atoms with E-state index in [0.717, 1.165) is 141 Å². The van der Waals surface area contributed by atoms with Crippen LogP contribution < -0.4 is 33.0 Å². The number of nitrogen functional groups attached to an aromatic ring is 1. The Morgan fingerprint density at radius 1 is 0.367 bits per heavy atom. The molecule has 30 nitrogen and oxygen atoms in total. The summed E-state index contributed by atoms with van der Waals surface area (Å²) >= 11 is 5.21. The van der Waals surface area contributed by atoms with Crippen LogP contribution in [0.25, 0.3) is 89.7 Å². The van der Waals surface area contributed by atoms with Gasteiger partial charge in [0.25, 0.3) is 28.9 Å². The van der Waals surface area contributed by atoms with Crippen LogP contribution in [-0.2, 0) is 11.3 Å². The SMILES string of the molecule is CC(=O)c1ccc(C(=O)Cl)cc1.NNC(=O)c1ccc2c(c1)nc(-c1ccoc1)n2C1CCCCC1.O=C(NNC(=O)c1ccc2c(c1)nc(-c1ccoc1)n2C1CCCCC1)OCc1ccccc1.O=C(O)c1ccc(C(=O)NNC(=O)c2ccc3c(c2)nc(-c2ccoc2)n3C2CCCCC2)cc1.O=C(O)c1ccc2c(c1)nc(-c1ccoc1)n2C1CCCCC1. The third kappa shape index (κ3) is 20.9. The Balaban J connectivity index is 0.000000127. The van der Waals surface area contributed by atoms with Crippen molar-refractivity contribution < 1.29 is 75.8 Å². The van der Waals surface area contributed by atoms with Crippen LogP contribution in [0.1, 0.15) is 248 Å². The van der Waals surface area contributed by atoms with Crippen LogP contribution in [0.15, 0.2) is 244 Å². The Hall–Kier alpha value is -14.8. The number of carbonyl (C=O) groups is 9. The lowest BCUT2D eigenvalue weighted by Crippen LogP contribution is -2.41. The molecule has 4 aliphatic rings. The van der Waals surface area contributed by atoms with Crippen molar-refractivity contribution in [2.24, 2.45) is 5.84 Å². The third-order valence-corrected chi connectivity index (χ3v) is 23.7. The summed E-state index contributed by atoms with van der Waals surface area (Å²) in [4.78, 5) is 124. The molecule has 7 aromatic carbocycles. The van der Waals surface area contributed by atoms with E-state index in [9.17, 15) is 48.3 Å². The lowest BCUT2D eigenvalue weighted by Gasteiger charge is -2.25. The molecule has 0 unspecified atom stereocenters. The number of carboxylic acids is 2. The number of carbonyl (C=O) groups excluding carboxylic acids is 7.